The second-order valence-corrected chi connectivity index (χ2v) is 6.35. The number of pyridine rings is 1. The molecule has 0 saturated heterocycles. The Morgan fingerprint density at radius 2 is 2.00 bits per heavy atom. The van der Waals surface area contributed by atoms with Crippen molar-refractivity contribution in [2.75, 3.05) is 11.9 Å². The number of aliphatic hydroxyl groups is 1. The number of aliphatic hydroxyl groups excluding tert-OH is 1. The summed E-state index contributed by atoms with van der Waals surface area (Å²) in [6, 6.07) is 8.83. The number of benzene rings is 1. The van der Waals surface area contributed by atoms with Crippen LogP contribution in [0.5, 0.6) is 0 Å². The molecule has 1 N–H and O–H groups in total. The third kappa shape index (κ3) is 2.75. The second-order valence-electron chi connectivity index (χ2n) is 6.35. The number of fused-ring (bicyclic) bond motifs is 1. The molecular formula is C18H24N2O. The minimum atomic E-state index is 0.0397. The Hall–Kier alpha value is -1.61. The van der Waals surface area contributed by atoms with E-state index in [2.05, 4.69) is 36.0 Å². The first kappa shape index (κ1) is 14.3. The van der Waals surface area contributed by atoms with Gasteiger partial charge in [-0.2, -0.15) is 0 Å². The van der Waals surface area contributed by atoms with E-state index in [4.69, 9.17) is 0 Å². The Morgan fingerprint density at radius 3 is 2.71 bits per heavy atom. The van der Waals surface area contributed by atoms with Crippen molar-refractivity contribution in [3.05, 3.63) is 36.0 Å². The van der Waals surface area contributed by atoms with Crippen LogP contribution in [0.1, 0.15) is 38.2 Å². The average molecular weight is 284 g/mol. The fraction of sp³-hybridized carbons (Fsp3) is 0.500. The predicted octanol–water partition coefficient (Wildman–Crippen LogP) is 3.74. The maximum atomic E-state index is 9.49. The van der Waals surface area contributed by atoms with E-state index in [1.54, 1.807) is 0 Å². The van der Waals surface area contributed by atoms with Gasteiger partial charge >= 0.3 is 0 Å². The lowest BCUT2D eigenvalue weighted by Gasteiger charge is -2.35. The van der Waals surface area contributed by atoms with Crippen LogP contribution in [-0.2, 0) is 6.61 Å². The zero-order valence-corrected chi connectivity index (χ0v) is 12.9. The third-order valence-corrected chi connectivity index (χ3v) is 4.82. The standard InChI is InChI=1S/C18H24N2O/c1-13-6-5-7-15(10-13)20(2)18-17-9-4-3-8-16(17)14(12-21)11-19-18/h3-4,8-9,11,13,15,21H,5-7,10,12H2,1-2H3. The molecule has 1 aliphatic carbocycles. The van der Waals surface area contributed by atoms with Crippen LogP contribution in [0.2, 0.25) is 0 Å². The molecule has 0 spiro atoms. The first-order valence-electron chi connectivity index (χ1n) is 7.91. The zero-order chi connectivity index (χ0) is 14.8. The Bertz CT molecular complexity index is 626. The van der Waals surface area contributed by atoms with Gasteiger partial charge in [0, 0.05) is 30.2 Å². The molecule has 2 unspecified atom stereocenters. The Kier molecular flexibility index (Phi) is 4.11. The van der Waals surface area contributed by atoms with Gasteiger partial charge in [0.1, 0.15) is 5.82 Å². The van der Waals surface area contributed by atoms with Crippen LogP contribution in [0.3, 0.4) is 0 Å². The van der Waals surface area contributed by atoms with Crippen molar-refractivity contribution in [3.8, 4) is 0 Å². The van der Waals surface area contributed by atoms with E-state index in [1.165, 1.54) is 25.7 Å². The van der Waals surface area contributed by atoms with Gasteiger partial charge in [0.2, 0.25) is 0 Å². The van der Waals surface area contributed by atoms with E-state index < -0.39 is 0 Å². The van der Waals surface area contributed by atoms with E-state index in [-0.39, 0.29) is 6.61 Å². The fourth-order valence-electron chi connectivity index (χ4n) is 3.57. The van der Waals surface area contributed by atoms with Gasteiger partial charge in [0.15, 0.2) is 0 Å². The van der Waals surface area contributed by atoms with Crippen LogP contribution in [0.4, 0.5) is 5.82 Å². The summed E-state index contributed by atoms with van der Waals surface area (Å²) in [4.78, 5) is 6.99. The molecule has 3 rings (SSSR count). The van der Waals surface area contributed by atoms with Gasteiger partial charge in [-0.05, 0) is 24.1 Å². The lowest BCUT2D eigenvalue weighted by atomic mass is 9.86. The monoisotopic (exact) mass is 284 g/mol. The van der Waals surface area contributed by atoms with Crippen LogP contribution in [0, 0.1) is 5.92 Å². The molecule has 0 aliphatic heterocycles. The predicted molar refractivity (Wildman–Crippen MR) is 87.5 cm³/mol. The number of anilines is 1. The van der Waals surface area contributed by atoms with Crippen molar-refractivity contribution >= 4 is 16.6 Å². The van der Waals surface area contributed by atoms with Crippen LogP contribution < -0.4 is 4.90 Å². The minimum Gasteiger partial charge on any atom is -0.392 e. The molecule has 1 fully saturated rings. The molecule has 2 aromatic rings. The number of aromatic nitrogens is 1. The van der Waals surface area contributed by atoms with Gasteiger partial charge in [-0.1, -0.05) is 44.0 Å². The summed E-state index contributed by atoms with van der Waals surface area (Å²) in [7, 11) is 2.16. The summed E-state index contributed by atoms with van der Waals surface area (Å²) < 4.78 is 0. The molecule has 1 heterocycles. The smallest absolute Gasteiger partial charge is 0.136 e. The molecule has 1 aromatic carbocycles. The van der Waals surface area contributed by atoms with Gasteiger partial charge in [-0.25, -0.2) is 4.98 Å². The molecular weight excluding hydrogens is 260 g/mol. The highest BCUT2D eigenvalue weighted by Gasteiger charge is 2.24. The lowest BCUT2D eigenvalue weighted by Crippen LogP contribution is -2.36. The highest BCUT2D eigenvalue weighted by molar-refractivity contribution is 5.94. The highest BCUT2D eigenvalue weighted by Crippen LogP contribution is 2.32. The van der Waals surface area contributed by atoms with Crippen molar-refractivity contribution < 1.29 is 5.11 Å². The van der Waals surface area contributed by atoms with E-state index in [0.717, 1.165) is 28.1 Å². The highest BCUT2D eigenvalue weighted by atomic mass is 16.3. The zero-order valence-electron chi connectivity index (χ0n) is 12.9. The normalized spacial score (nSPS) is 22.4. The summed E-state index contributed by atoms with van der Waals surface area (Å²) >= 11 is 0. The number of hydrogen-bond donors (Lipinski definition) is 1. The summed E-state index contributed by atoms with van der Waals surface area (Å²) in [6.07, 6.45) is 6.97. The van der Waals surface area contributed by atoms with Crippen molar-refractivity contribution in [2.45, 2.75) is 45.3 Å². The SMILES string of the molecule is CC1CCCC(N(C)c2ncc(CO)c3ccccc23)C1. The van der Waals surface area contributed by atoms with Crippen molar-refractivity contribution in [1.29, 1.82) is 0 Å². The van der Waals surface area contributed by atoms with Crippen molar-refractivity contribution in [3.63, 3.8) is 0 Å². The summed E-state index contributed by atoms with van der Waals surface area (Å²) in [5, 5.41) is 11.8. The summed E-state index contributed by atoms with van der Waals surface area (Å²) in [5.74, 6) is 1.84. The number of nitrogens with zero attached hydrogens (tertiary/aromatic N) is 2. The van der Waals surface area contributed by atoms with E-state index in [0.29, 0.717) is 6.04 Å². The maximum absolute atomic E-state index is 9.49. The van der Waals surface area contributed by atoms with Crippen LogP contribution >= 0.6 is 0 Å². The fourth-order valence-corrected chi connectivity index (χ4v) is 3.57. The maximum Gasteiger partial charge on any atom is 0.136 e. The summed E-state index contributed by atoms with van der Waals surface area (Å²) in [6.45, 7) is 2.39. The Morgan fingerprint density at radius 1 is 1.24 bits per heavy atom. The largest absolute Gasteiger partial charge is 0.392 e. The molecule has 3 heteroatoms. The van der Waals surface area contributed by atoms with E-state index in [1.807, 2.05) is 18.3 Å². The third-order valence-electron chi connectivity index (χ3n) is 4.82. The second kappa shape index (κ2) is 6.02. The first-order valence-corrected chi connectivity index (χ1v) is 7.91. The molecule has 0 radical (unpaired) electrons. The Balaban J connectivity index is 2.00. The van der Waals surface area contributed by atoms with E-state index >= 15 is 0 Å². The van der Waals surface area contributed by atoms with Gasteiger partial charge in [0.05, 0.1) is 6.61 Å². The number of hydrogen-bond acceptors (Lipinski definition) is 3. The van der Waals surface area contributed by atoms with Gasteiger partial charge < -0.3 is 10.0 Å². The molecule has 2 atom stereocenters. The molecule has 0 bridgehead atoms. The molecule has 1 aliphatic rings. The van der Waals surface area contributed by atoms with Crippen molar-refractivity contribution in [2.24, 2.45) is 5.92 Å². The first-order chi connectivity index (χ1) is 10.2. The molecule has 1 saturated carbocycles. The average Bonchev–Trinajstić information content (AvgIpc) is 2.53. The molecule has 3 nitrogen and oxygen atoms in total. The van der Waals surface area contributed by atoms with Crippen LogP contribution in [-0.4, -0.2) is 23.2 Å². The Labute approximate surface area is 126 Å². The molecule has 1 aromatic heterocycles. The number of rotatable bonds is 3. The van der Waals surface area contributed by atoms with Crippen LogP contribution in [0.15, 0.2) is 30.5 Å². The van der Waals surface area contributed by atoms with Crippen molar-refractivity contribution in [1.82, 2.24) is 4.98 Å². The summed E-state index contributed by atoms with van der Waals surface area (Å²) in [5.41, 5.74) is 0.903. The molecule has 112 valence electrons. The molecule has 0 amide bonds. The van der Waals surface area contributed by atoms with Gasteiger partial charge in [0.25, 0.3) is 0 Å². The topological polar surface area (TPSA) is 36.4 Å². The molecule has 21 heavy (non-hydrogen) atoms. The van der Waals surface area contributed by atoms with Gasteiger partial charge in [-0.3, -0.25) is 0 Å². The minimum absolute atomic E-state index is 0.0397. The van der Waals surface area contributed by atoms with Crippen LogP contribution in [0.25, 0.3) is 10.8 Å². The lowest BCUT2D eigenvalue weighted by molar-refractivity contribution is 0.283. The van der Waals surface area contributed by atoms with Gasteiger partial charge in [-0.15, -0.1) is 0 Å². The van der Waals surface area contributed by atoms with E-state index in [9.17, 15) is 5.11 Å². The quantitative estimate of drug-likeness (QED) is 0.932.